The topological polar surface area (TPSA) is 76.1 Å². The normalized spacial score (nSPS) is 13.7. The van der Waals surface area contributed by atoms with Crippen LogP contribution in [0.5, 0.6) is 0 Å². The van der Waals surface area contributed by atoms with Crippen LogP contribution in [0.1, 0.15) is 6.92 Å². The van der Waals surface area contributed by atoms with Gasteiger partial charge in [-0.1, -0.05) is 12.7 Å². The number of aliphatic carboxylic acids is 1. The zero-order valence-corrected chi connectivity index (χ0v) is 9.67. The Kier molecular flexibility index (Phi) is 6.17. The maximum atomic E-state index is 11.4. The molecule has 0 aromatic heterocycles. The summed E-state index contributed by atoms with van der Waals surface area (Å²) in [7, 11) is 2.73. The van der Waals surface area contributed by atoms with Crippen molar-refractivity contribution >= 4 is 12.1 Å². The van der Waals surface area contributed by atoms with E-state index in [2.05, 4.69) is 6.58 Å². The van der Waals surface area contributed by atoms with Crippen molar-refractivity contribution in [3.05, 3.63) is 12.7 Å². The van der Waals surface area contributed by atoms with E-state index in [-0.39, 0.29) is 6.61 Å². The van der Waals surface area contributed by atoms with Crippen molar-refractivity contribution in [3.63, 3.8) is 0 Å². The predicted octanol–water partition coefficient (Wildman–Crippen LogP) is 0.729. The number of hydrogen-bond acceptors (Lipinski definition) is 4. The molecule has 0 rings (SSSR count). The summed E-state index contributed by atoms with van der Waals surface area (Å²) in [6.07, 6.45) is 0.0522. The Labute approximate surface area is 94.4 Å². The van der Waals surface area contributed by atoms with Gasteiger partial charge in [-0.25, -0.2) is 9.59 Å². The molecule has 0 fully saturated rings. The van der Waals surface area contributed by atoms with Gasteiger partial charge in [0.1, 0.15) is 6.61 Å². The van der Waals surface area contributed by atoms with E-state index >= 15 is 0 Å². The molecule has 0 aliphatic heterocycles. The summed E-state index contributed by atoms with van der Waals surface area (Å²) in [6, 6.07) is -1.08. The highest BCUT2D eigenvalue weighted by atomic mass is 16.6. The van der Waals surface area contributed by atoms with Gasteiger partial charge in [-0.3, -0.25) is 4.90 Å². The van der Waals surface area contributed by atoms with Crippen molar-refractivity contribution in [1.29, 1.82) is 0 Å². The number of amides is 1. The highest BCUT2D eigenvalue weighted by Gasteiger charge is 2.32. The lowest BCUT2D eigenvalue weighted by Gasteiger charge is -2.27. The summed E-state index contributed by atoms with van der Waals surface area (Å²) in [5.74, 6) is -1.15. The molecule has 2 atom stereocenters. The summed E-state index contributed by atoms with van der Waals surface area (Å²) in [4.78, 5) is 23.4. The summed E-state index contributed by atoms with van der Waals surface area (Å²) in [6.45, 7) is 4.99. The van der Waals surface area contributed by atoms with Crippen molar-refractivity contribution in [3.8, 4) is 0 Å². The third-order valence-corrected chi connectivity index (χ3v) is 2.10. The SMILES string of the molecule is C=CCOC(=O)N(C)[C@H](C(=O)O)[C@@H](C)OC. The first kappa shape index (κ1) is 14.4. The van der Waals surface area contributed by atoms with Gasteiger partial charge in [-0.15, -0.1) is 0 Å². The summed E-state index contributed by atoms with van der Waals surface area (Å²) in [5.41, 5.74) is 0. The minimum atomic E-state index is -1.15. The zero-order valence-electron chi connectivity index (χ0n) is 9.67. The molecule has 0 aromatic rings. The van der Waals surface area contributed by atoms with Crippen LogP contribution in [0.3, 0.4) is 0 Å². The first-order chi connectivity index (χ1) is 7.45. The van der Waals surface area contributed by atoms with E-state index in [1.165, 1.54) is 20.2 Å². The van der Waals surface area contributed by atoms with Crippen LogP contribution in [0.4, 0.5) is 4.79 Å². The number of likely N-dealkylation sites (N-methyl/N-ethyl adjacent to an activating group) is 1. The zero-order chi connectivity index (χ0) is 12.7. The number of carboxylic acids is 1. The van der Waals surface area contributed by atoms with E-state index in [0.717, 1.165) is 4.90 Å². The molecule has 0 aliphatic rings. The van der Waals surface area contributed by atoms with Gasteiger partial charge in [0.15, 0.2) is 6.04 Å². The predicted molar refractivity (Wildman–Crippen MR) is 57.2 cm³/mol. The van der Waals surface area contributed by atoms with Crippen molar-refractivity contribution < 1.29 is 24.2 Å². The average Bonchev–Trinajstić information content (AvgIpc) is 2.24. The molecule has 16 heavy (non-hydrogen) atoms. The molecule has 0 saturated carbocycles. The standard InChI is InChI=1S/C10H17NO5/c1-5-6-16-10(14)11(3)8(9(12)13)7(2)15-4/h5,7-8H,1,6H2,2-4H3,(H,12,13)/t7-,8+/m1/s1. The molecule has 6 nitrogen and oxygen atoms in total. The number of hydrogen-bond donors (Lipinski definition) is 1. The van der Waals surface area contributed by atoms with Crippen molar-refractivity contribution in [1.82, 2.24) is 4.90 Å². The van der Waals surface area contributed by atoms with Crippen LogP contribution in [-0.2, 0) is 14.3 Å². The number of methoxy groups -OCH3 is 1. The fraction of sp³-hybridized carbons (Fsp3) is 0.600. The van der Waals surface area contributed by atoms with E-state index in [9.17, 15) is 9.59 Å². The van der Waals surface area contributed by atoms with Crippen LogP contribution in [0.2, 0.25) is 0 Å². The number of rotatable bonds is 6. The van der Waals surface area contributed by atoms with Crippen molar-refractivity contribution in [2.45, 2.75) is 19.1 Å². The molecule has 1 amide bonds. The van der Waals surface area contributed by atoms with E-state index in [1.807, 2.05) is 0 Å². The number of carboxylic acid groups (broad SMARTS) is 1. The second-order valence-electron chi connectivity index (χ2n) is 3.20. The number of nitrogens with zero attached hydrogens (tertiary/aromatic N) is 1. The van der Waals surface area contributed by atoms with Gasteiger partial charge in [-0.2, -0.15) is 0 Å². The van der Waals surface area contributed by atoms with Crippen LogP contribution in [0.25, 0.3) is 0 Å². The molecule has 0 radical (unpaired) electrons. The Morgan fingerprint density at radius 2 is 2.12 bits per heavy atom. The summed E-state index contributed by atoms with van der Waals surface area (Å²) < 4.78 is 9.63. The number of ether oxygens (including phenoxy) is 2. The van der Waals surface area contributed by atoms with Gasteiger partial charge >= 0.3 is 12.1 Å². The molecule has 0 heterocycles. The second kappa shape index (κ2) is 6.84. The van der Waals surface area contributed by atoms with Crippen LogP contribution in [-0.4, -0.2) is 55.0 Å². The van der Waals surface area contributed by atoms with E-state index in [1.54, 1.807) is 6.92 Å². The Balaban J connectivity index is 4.60. The number of carbonyl (C=O) groups excluding carboxylic acids is 1. The van der Waals surface area contributed by atoms with Gasteiger partial charge in [0.05, 0.1) is 6.10 Å². The number of carbonyl (C=O) groups is 2. The second-order valence-corrected chi connectivity index (χ2v) is 3.20. The Morgan fingerprint density at radius 1 is 1.56 bits per heavy atom. The van der Waals surface area contributed by atoms with Gasteiger partial charge < -0.3 is 14.6 Å². The van der Waals surface area contributed by atoms with Crippen LogP contribution in [0.15, 0.2) is 12.7 Å². The fourth-order valence-electron chi connectivity index (χ4n) is 1.16. The average molecular weight is 231 g/mol. The van der Waals surface area contributed by atoms with Gasteiger partial charge in [0, 0.05) is 14.2 Å². The first-order valence-electron chi connectivity index (χ1n) is 4.71. The van der Waals surface area contributed by atoms with E-state index in [0.29, 0.717) is 0 Å². The monoisotopic (exact) mass is 231 g/mol. The lowest BCUT2D eigenvalue weighted by Crippen LogP contribution is -2.49. The summed E-state index contributed by atoms with van der Waals surface area (Å²) >= 11 is 0. The summed E-state index contributed by atoms with van der Waals surface area (Å²) in [5, 5.41) is 8.97. The highest BCUT2D eigenvalue weighted by molar-refractivity contribution is 5.80. The maximum absolute atomic E-state index is 11.4. The highest BCUT2D eigenvalue weighted by Crippen LogP contribution is 2.07. The van der Waals surface area contributed by atoms with Gasteiger partial charge in [0.2, 0.25) is 0 Å². The Bertz CT molecular complexity index is 266. The van der Waals surface area contributed by atoms with Gasteiger partial charge in [-0.05, 0) is 6.92 Å². The molecule has 0 unspecified atom stereocenters. The lowest BCUT2D eigenvalue weighted by atomic mass is 10.1. The smallest absolute Gasteiger partial charge is 0.410 e. The van der Waals surface area contributed by atoms with E-state index < -0.39 is 24.2 Å². The molecule has 0 aliphatic carbocycles. The minimum absolute atomic E-state index is 0.0386. The third kappa shape index (κ3) is 3.90. The molecule has 6 heteroatoms. The van der Waals surface area contributed by atoms with Crippen LogP contribution >= 0.6 is 0 Å². The Morgan fingerprint density at radius 3 is 2.50 bits per heavy atom. The van der Waals surface area contributed by atoms with E-state index in [4.69, 9.17) is 14.6 Å². The maximum Gasteiger partial charge on any atom is 0.410 e. The van der Waals surface area contributed by atoms with Gasteiger partial charge in [0.25, 0.3) is 0 Å². The molecule has 92 valence electrons. The third-order valence-electron chi connectivity index (χ3n) is 2.10. The molecule has 0 spiro atoms. The lowest BCUT2D eigenvalue weighted by molar-refractivity contribution is -0.146. The minimum Gasteiger partial charge on any atom is -0.480 e. The molecule has 0 saturated heterocycles. The molecule has 0 aromatic carbocycles. The molecular formula is C10H17NO5. The Hall–Kier alpha value is -1.56. The van der Waals surface area contributed by atoms with Crippen molar-refractivity contribution in [2.75, 3.05) is 20.8 Å². The van der Waals surface area contributed by atoms with Crippen LogP contribution in [0, 0.1) is 0 Å². The quantitative estimate of drug-likeness (QED) is 0.682. The van der Waals surface area contributed by atoms with Crippen molar-refractivity contribution in [2.24, 2.45) is 0 Å². The fourth-order valence-corrected chi connectivity index (χ4v) is 1.16. The molecular weight excluding hydrogens is 214 g/mol. The first-order valence-corrected chi connectivity index (χ1v) is 4.71. The molecule has 0 bridgehead atoms. The largest absolute Gasteiger partial charge is 0.480 e. The van der Waals surface area contributed by atoms with Crippen LogP contribution < -0.4 is 0 Å². The molecule has 1 N–H and O–H groups in total.